The van der Waals surface area contributed by atoms with Crippen LogP contribution in [0.1, 0.15) is 23.1 Å². The lowest BCUT2D eigenvalue weighted by molar-refractivity contribution is 0.0213. The van der Waals surface area contributed by atoms with Crippen LogP contribution >= 0.6 is 0 Å². The van der Waals surface area contributed by atoms with Crippen molar-refractivity contribution in [3.8, 4) is 5.75 Å². The van der Waals surface area contributed by atoms with Gasteiger partial charge < -0.3 is 14.7 Å². The van der Waals surface area contributed by atoms with Gasteiger partial charge in [0.2, 0.25) is 0 Å². The highest BCUT2D eigenvalue weighted by Crippen LogP contribution is 2.21. The fourth-order valence-electron chi connectivity index (χ4n) is 3.98. The minimum Gasteiger partial charge on any atom is -0.491 e. The van der Waals surface area contributed by atoms with Crippen LogP contribution in [0.3, 0.4) is 0 Å². The maximum atomic E-state index is 10.7. The van der Waals surface area contributed by atoms with Crippen LogP contribution in [0.15, 0.2) is 90.1 Å². The molecule has 0 amide bonds. The zero-order valence-corrected chi connectivity index (χ0v) is 18.4. The Bertz CT molecular complexity index is 1010. The molecule has 5 heteroatoms. The third kappa shape index (κ3) is 6.19. The first-order valence-electron chi connectivity index (χ1n) is 11.1. The molecule has 5 nitrogen and oxygen atoms in total. The van der Waals surface area contributed by atoms with Gasteiger partial charge in [-0.15, -0.1) is 0 Å². The maximum absolute atomic E-state index is 10.7. The van der Waals surface area contributed by atoms with Crippen LogP contribution in [0.4, 0.5) is 0 Å². The highest BCUT2D eigenvalue weighted by atomic mass is 16.6. The fourth-order valence-corrected chi connectivity index (χ4v) is 3.98. The number of ether oxygens (including phenoxy) is 1. The van der Waals surface area contributed by atoms with Gasteiger partial charge in [0.15, 0.2) is 0 Å². The molecule has 0 saturated heterocycles. The van der Waals surface area contributed by atoms with Crippen molar-refractivity contribution in [1.82, 2.24) is 4.90 Å². The van der Waals surface area contributed by atoms with E-state index in [-0.39, 0.29) is 12.7 Å². The Balaban J connectivity index is 1.37. The Labute approximate surface area is 189 Å². The lowest BCUT2D eigenvalue weighted by Gasteiger charge is -2.27. The van der Waals surface area contributed by atoms with Crippen molar-refractivity contribution in [1.29, 1.82) is 0 Å². The van der Waals surface area contributed by atoms with E-state index in [0.717, 1.165) is 30.0 Å². The van der Waals surface area contributed by atoms with E-state index in [1.165, 1.54) is 11.1 Å². The molecule has 32 heavy (non-hydrogen) atoms. The third-order valence-corrected chi connectivity index (χ3v) is 5.55. The van der Waals surface area contributed by atoms with Crippen molar-refractivity contribution >= 4 is 5.71 Å². The standard InChI is InChI=1S/C27H30N2O3/c1-21-10-8-9-15-26(21)27-16-25(32-28-27)19-29(17-22-11-4-2-5-12-22)18-23(30)20-31-24-13-6-3-7-14-24/h2-15,23,25,30H,16-20H2,1H3/t23-,25+/m0/s1. The van der Waals surface area contributed by atoms with Crippen LogP contribution in [0.25, 0.3) is 0 Å². The number of hydrogen-bond donors (Lipinski definition) is 1. The highest BCUT2D eigenvalue weighted by molar-refractivity contribution is 6.02. The van der Waals surface area contributed by atoms with Gasteiger partial charge in [-0.25, -0.2) is 0 Å². The second kappa shape index (κ2) is 10.9. The van der Waals surface area contributed by atoms with E-state index in [1.807, 2.05) is 60.7 Å². The van der Waals surface area contributed by atoms with Gasteiger partial charge in [-0.1, -0.05) is 78.0 Å². The van der Waals surface area contributed by atoms with E-state index in [4.69, 9.17) is 9.57 Å². The van der Waals surface area contributed by atoms with Gasteiger partial charge in [0.1, 0.15) is 24.6 Å². The second-order valence-electron chi connectivity index (χ2n) is 8.24. The van der Waals surface area contributed by atoms with Gasteiger partial charge in [-0.05, 0) is 30.2 Å². The molecule has 1 N–H and O–H groups in total. The molecule has 3 aromatic carbocycles. The van der Waals surface area contributed by atoms with Crippen LogP contribution in [0.2, 0.25) is 0 Å². The summed E-state index contributed by atoms with van der Waals surface area (Å²) in [5.41, 5.74) is 4.52. The summed E-state index contributed by atoms with van der Waals surface area (Å²) < 4.78 is 5.75. The molecule has 1 heterocycles. The van der Waals surface area contributed by atoms with E-state index < -0.39 is 6.10 Å². The average molecular weight is 431 g/mol. The summed E-state index contributed by atoms with van der Waals surface area (Å²) in [6.45, 7) is 4.22. The number of aliphatic hydroxyl groups excluding tert-OH is 1. The predicted octanol–water partition coefficient (Wildman–Crippen LogP) is 4.43. The number of para-hydroxylation sites is 1. The maximum Gasteiger partial charge on any atom is 0.145 e. The Morgan fingerprint density at radius 2 is 1.69 bits per heavy atom. The van der Waals surface area contributed by atoms with E-state index >= 15 is 0 Å². The van der Waals surface area contributed by atoms with Crippen molar-refractivity contribution in [2.75, 3.05) is 19.7 Å². The number of benzene rings is 3. The van der Waals surface area contributed by atoms with Gasteiger partial charge >= 0.3 is 0 Å². The molecule has 3 aromatic rings. The van der Waals surface area contributed by atoms with Crippen molar-refractivity contribution in [2.24, 2.45) is 5.16 Å². The molecule has 4 rings (SSSR count). The van der Waals surface area contributed by atoms with Gasteiger partial charge in [0.05, 0.1) is 5.71 Å². The van der Waals surface area contributed by atoms with Crippen molar-refractivity contribution in [3.05, 3.63) is 102 Å². The van der Waals surface area contributed by atoms with Crippen LogP contribution in [0.5, 0.6) is 5.75 Å². The smallest absolute Gasteiger partial charge is 0.145 e. The van der Waals surface area contributed by atoms with Crippen molar-refractivity contribution in [2.45, 2.75) is 32.1 Å². The van der Waals surface area contributed by atoms with E-state index in [1.54, 1.807) is 0 Å². The van der Waals surface area contributed by atoms with E-state index in [2.05, 4.69) is 41.2 Å². The summed E-state index contributed by atoms with van der Waals surface area (Å²) in [5, 5.41) is 15.0. The molecular weight excluding hydrogens is 400 g/mol. The first kappa shape index (κ1) is 22.1. The quantitative estimate of drug-likeness (QED) is 0.517. The summed E-state index contributed by atoms with van der Waals surface area (Å²) in [6.07, 6.45) is 0.0971. The Morgan fingerprint density at radius 1 is 1.00 bits per heavy atom. The number of hydrogen-bond acceptors (Lipinski definition) is 5. The van der Waals surface area contributed by atoms with Crippen LogP contribution in [0, 0.1) is 6.92 Å². The van der Waals surface area contributed by atoms with E-state index in [9.17, 15) is 5.11 Å². The van der Waals surface area contributed by atoms with Crippen LogP contribution < -0.4 is 4.74 Å². The molecule has 1 aliphatic rings. The molecule has 1 aliphatic heterocycles. The summed E-state index contributed by atoms with van der Waals surface area (Å²) in [4.78, 5) is 8.01. The molecule has 0 unspecified atom stereocenters. The minimum absolute atomic E-state index is 0.0458. The average Bonchev–Trinajstić information content (AvgIpc) is 3.27. The summed E-state index contributed by atoms with van der Waals surface area (Å²) in [7, 11) is 0. The van der Waals surface area contributed by atoms with Crippen LogP contribution in [-0.4, -0.2) is 47.6 Å². The summed E-state index contributed by atoms with van der Waals surface area (Å²) in [6, 6.07) is 28.1. The fraction of sp³-hybridized carbons (Fsp3) is 0.296. The molecule has 0 bridgehead atoms. The SMILES string of the molecule is Cc1ccccc1C1=NO[C@@H](CN(Cc2ccccc2)C[C@H](O)COc2ccccc2)C1. The van der Waals surface area contributed by atoms with E-state index in [0.29, 0.717) is 13.1 Å². The Morgan fingerprint density at radius 3 is 2.44 bits per heavy atom. The van der Waals surface area contributed by atoms with Gasteiger partial charge in [-0.3, -0.25) is 4.90 Å². The molecule has 0 radical (unpaired) electrons. The lowest BCUT2D eigenvalue weighted by Crippen LogP contribution is -2.39. The van der Waals surface area contributed by atoms with Gasteiger partial charge in [0, 0.05) is 31.6 Å². The normalized spacial score (nSPS) is 16.5. The number of aryl methyl sites for hydroxylation is 1. The summed E-state index contributed by atoms with van der Waals surface area (Å²) >= 11 is 0. The van der Waals surface area contributed by atoms with Gasteiger partial charge in [0.25, 0.3) is 0 Å². The van der Waals surface area contributed by atoms with Crippen molar-refractivity contribution < 1.29 is 14.7 Å². The molecule has 0 aromatic heterocycles. The van der Waals surface area contributed by atoms with Gasteiger partial charge in [-0.2, -0.15) is 0 Å². The Hall–Kier alpha value is -3.15. The largest absolute Gasteiger partial charge is 0.491 e. The number of nitrogens with zero attached hydrogens (tertiary/aromatic N) is 2. The van der Waals surface area contributed by atoms with Crippen LogP contribution in [-0.2, 0) is 11.4 Å². The lowest BCUT2D eigenvalue weighted by atomic mass is 10.00. The zero-order chi connectivity index (χ0) is 22.2. The molecular formula is C27H30N2O3. The monoisotopic (exact) mass is 430 g/mol. The first-order chi connectivity index (χ1) is 15.7. The Kier molecular flexibility index (Phi) is 7.54. The molecule has 0 fully saturated rings. The number of rotatable bonds is 10. The topological polar surface area (TPSA) is 54.3 Å². The molecule has 166 valence electrons. The molecule has 0 spiro atoms. The second-order valence-corrected chi connectivity index (χ2v) is 8.24. The molecule has 0 aliphatic carbocycles. The zero-order valence-electron chi connectivity index (χ0n) is 18.4. The number of aliphatic hydroxyl groups is 1. The third-order valence-electron chi connectivity index (χ3n) is 5.55. The highest BCUT2D eigenvalue weighted by Gasteiger charge is 2.26. The minimum atomic E-state index is -0.614. The number of oxime groups is 1. The van der Waals surface area contributed by atoms with Crippen molar-refractivity contribution in [3.63, 3.8) is 0 Å². The first-order valence-corrected chi connectivity index (χ1v) is 11.1. The molecule has 2 atom stereocenters. The summed E-state index contributed by atoms with van der Waals surface area (Å²) in [5.74, 6) is 0.761. The predicted molar refractivity (Wildman–Crippen MR) is 127 cm³/mol. The molecule has 0 saturated carbocycles.